The lowest BCUT2D eigenvalue weighted by Gasteiger charge is -2.24. The highest BCUT2D eigenvalue weighted by atomic mass is 16.5. The molecule has 0 fully saturated rings. The van der Waals surface area contributed by atoms with Gasteiger partial charge < -0.3 is 20.3 Å². The fourth-order valence-corrected chi connectivity index (χ4v) is 6.81. The maximum Gasteiger partial charge on any atom is 0.306 e. The number of amides is 1. The average Bonchev–Trinajstić information content (AvgIpc) is 3.19. The van der Waals surface area contributed by atoms with E-state index in [4.69, 9.17) is 4.74 Å². The van der Waals surface area contributed by atoms with Gasteiger partial charge >= 0.3 is 5.97 Å². The summed E-state index contributed by atoms with van der Waals surface area (Å²) in [6, 6.07) is -0.705. The molecular formula is C50H89NO5. The molecule has 0 heterocycles. The number of aliphatic hydroxyl groups is 2. The van der Waals surface area contributed by atoms with Crippen LogP contribution in [0.5, 0.6) is 0 Å². The standard InChI is InChI=1S/C50H89NO5/c1-4-7-10-13-16-19-20-21-22-23-24-25-26-27-28-31-34-37-40-43-50(55)56-46(41-38-35-32-29-17-14-11-8-5-2)44-49(54)51-47(45-52)48(53)42-39-36-33-30-18-15-12-9-6-3/h7,10,16,19,21-22,24-25,27-28,46-48,52-53H,4-6,8-9,11-15,17-18,20,23,26,29-45H2,1-3H3,(H,51,54)/b10-7-,19-16-,22-21-,25-24-,28-27-. The average molecular weight is 784 g/mol. The number of ether oxygens (including phenoxy) is 1. The number of esters is 1. The number of nitrogens with one attached hydrogen (secondary N) is 1. The van der Waals surface area contributed by atoms with E-state index in [1.54, 1.807) is 0 Å². The van der Waals surface area contributed by atoms with Crippen LogP contribution in [0.25, 0.3) is 0 Å². The summed E-state index contributed by atoms with van der Waals surface area (Å²) < 4.78 is 5.88. The van der Waals surface area contributed by atoms with Crippen molar-refractivity contribution in [3.05, 3.63) is 60.8 Å². The van der Waals surface area contributed by atoms with E-state index >= 15 is 0 Å². The maximum absolute atomic E-state index is 13.1. The Kier molecular flexibility index (Phi) is 41.8. The Morgan fingerprint density at radius 3 is 1.45 bits per heavy atom. The first-order valence-corrected chi connectivity index (χ1v) is 23.5. The predicted octanol–water partition coefficient (Wildman–Crippen LogP) is 13.7. The summed E-state index contributed by atoms with van der Waals surface area (Å²) in [7, 11) is 0. The van der Waals surface area contributed by atoms with Crippen LogP contribution in [0.2, 0.25) is 0 Å². The van der Waals surface area contributed by atoms with Crippen LogP contribution >= 0.6 is 0 Å². The Labute approximate surface area is 346 Å². The van der Waals surface area contributed by atoms with Gasteiger partial charge in [0, 0.05) is 6.42 Å². The Hall–Kier alpha value is -2.44. The Balaban J connectivity index is 4.54. The van der Waals surface area contributed by atoms with E-state index in [9.17, 15) is 19.8 Å². The summed E-state index contributed by atoms with van der Waals surface area (Å²) in [6.45, 7) is 6.31. The van der Waals surface area contributed by atoms with Crippen molar-refractivity contribution in [2.75, 3.05) is 6.61 Å². The van der Waals surface area contributed by atoms with Crippen LogP contribution < -0.4 is 5.32 Å². The van der Waals surface area contributed by atoms with Gasteiger partial charge in [-0.25, -0.2) is 0 Å². The first kappa shape index (κ1) is 53.6. The molecule has 0 rings (SSSR count). The van der Waals surface area contributed by atoms with Crippen LogP contribution in [0.4, 0.5) is 0 Å². The van der Waals surface area contributed by atoms with E-state index in [-0.39, 0.29) is 24.9 Å². The SMILES string of the molecule is CC/C=C\C/C=C\C/C=C\C/C=C\C/C=C\CCCCCC(=O)OC(CCCCCCCCCCC)CC(=O)NC(CO)C(O)CCCCCCCCCCC. The lowest BCUT2D eigenvalue weighted by molar-refractivity contribution is -0.151. The third kappa shape index (κ3) is 38.4. The zero-order valence-corrected chi connectivity index (χ0v) is 36.8. The van der Waals surface area contributed by atoms with Gasteiger partial charge in [-0.15, -0.1) is 0 Å². The van der Waals surface area contributed by atoms with Gasteiger partial charge in [0.25, 0.3) is 0 Å². The summed E-state index contributed by atoms with van der Waals surface area (Å²) in [5.74, 6) is -0.515. The minimum atomic E-state index is -0.790. The van der Waals surface area contributed by atoms with Crippen molar-refractivity contribution in [3.63, 3.8) is 0 Å². The molecule has 0 radical (unpaired) electrons. The second kappa shape index (κ2) is 43.7. The maximum atomic E-state index is 13.1. The van der Waals surface area contributed by atoms with Crippen LogP contribution in [0.3, 0.4) is 0 Å². The molecule has 0 aliphatic heterocycles. The van der Waals surface area contributed by atoms with Gasteiger partial charge in [-0.3, -0.25) is 9.59 Å². The van der Waals surface area contributed by atoms with Gasteiger partial charge in [-0.1, -0.05) is 197 Å². The molecule has 0 bridgehead atoms. The fraction of sp³-hybridized carbons (Fsp3) is 0.760. The largest absolute Gasteiger partial charge is 0.462 e. The van der Waals surface area contributed by atoms with Crippen LogP contribution in [0.15, 0.2) is 60.8 Å². The van der Waals surface area contributed by atoms with Gasteiger partial charge in [0.15, 0.2) is 0 Å². The molecule has 324 valence electrons. The number of allylic oxidation sites excluding steroid dienone is 10. The third-order valence-corrected chi connectivity index (χ3v) is 10.4. The minimum absolute atomic E-state index is 0.0636. The molecule has 6 nitrogen and oxygen atoms in total. The molecule has 3 atom stereocenters. The molecule has 3 N–H and O–H groups in total. The summed E-state index contributed by atoms with van der Waals surface area (Å²) >= 11 is 0. The quantitative estimate of drug-likeness (QED) is 0.0326. The molecule has 3 unspecified atom stereocenters. The molecule has 56 heavy (non-hydrogen) atoms. The molecule has 0 aromatic heterocycles. The molecule has 1 amide bonds. The zero-order valence-electron chi connectivity index (χ0n) is 36.8. The number of hydrogen-bond acceptors (Lipinski definition) is 5. The molecule has 0 aliphatic carbocycles. The van der Waals surface area contributed by atoms with Gasteiger partial charge in [-0.05, 0) is 70.6 Å². The molecule has 6 heteroatoms. The molecule has 0 aliphatic rings. The van der Waals surface area contributed by atoms with Gasteiger partial charge in [-0.2, -0.15) is 0 Å². The number of unbranched alkanes of at least 4 members (excludes halogenated alkanes) is 19. The van der Waals surface area contributed by atoms with E-state index in [1.165, 1.54) is 77.0 Å². The van der Waals surface area contributed by atoms with Crippen LogP contribution in [0, 0.1) is 0 Å². The van der Waals surface area contributed by atoms with E-state index in [2.05, 4.69) is 86.8 Å². The summed E-state index contributed by atoms with van der Waals surface area (Å²) in [5, 5.41) is 23.6. The number of aliphatic hydroxyl groups excluding tert-OH is 2. The zero-order chi connectivity index (χ0) is 41.0. The number of hydrogen-bond donors (Lipinski definition) is 3. The second-order valence-corrected chi connectivity index (χ2v) is 15.8. The highest BCUT2D eigenvalue weighted by Crippen LogP contribution is 2.17. The van der Waals surface area contributed by atoms with Crippen LogP contribution in [0.1, 0.15) is 220 Å². The number of rotatable bonds is 41. The molecule has 0 aromatic carbocycles. The Morgan fingerprint density at radius 2 is 0.964 bits per heavy atom. The third-order valence-electron chi connectivity index (χ3n) is 10.4. The molecule has 0 saturated carbocycles. The normalized spacial score (nSPS) is 13.9. The van der Waals surface area contributed by atoms with Gasteiger partial charge in [0.2, 0.25) is 5.91 Å². The highest BCUT2D eigenvalue weighted by molar-refractivity contribution is 5.77. The van der Waals surface area contributed by atoms with E-state index in [0.717, 1.165) is 96.3 Å². The van der Waals surface area contributed by atoms with E-state index in [0.29, 0.717) is 19.3 Å². The summed E-state index contributed by atoms with van der Waals surface area (Å²) in [6.07, 6.45) is 52.8. The number of carbonyl (C=O) groups is 2. The lowest BCUT2D eigenvalue weighted by atomic mass is 10.0. The van der Waals surface area contributed by atoms with Crippen LogP contribution in [-0.2, 0) is 14.3 Å². The monoisotopic (exact) mass is 784 g/mol. The van der Waals surface area contributed by atoms with Crippen molar-refractivity contribution >= 4 is 11.9 Å². The summed E-state index contributed by atoms with van der Waals surface area (Å²) in [5.41, 5.74) is 0. The van der Waals surface area contributed by atoms with Crippen molar-refractivity contribution in [1.29, 1.82) is 0 Å². The van der Waals surface area contributed by atoms with E-state index in [1.807, 2.05) is 0 Å². The Bertz CT molecular complexity index is 1010. The molecular weight excluding hydrogens is 695 g/mol. The van der Waals surface area contributed by atoms with Crippen molar-refractivity contribution in [2.45, 2.75) is 238 Å². The van der Waals surface area contributed by atoms with Gasteiger partial charge in [0.05, 0.1) is 25.2 Å². The van der Waals surface area contributed by atoms with E-state index < -0.39 is 18.2 Å². The molecule has 0 aromatic rings. The van der Waals surface area contributed by atoms with Crippen molar-refractivity contribution in [2.24, 2.45) is 0 Å². The predicted molar refractivity (Wildman–Crippen MR) is 241 cm³/mol. The smallest absolute Gasteiger partial charge is 0.306 e. The summed E-state index contributed by atoms with van der Waals surface area (Å²) in [4.78, 5) is 25.9. The van der Waals surface area contributed by atoms with Crippen molar-refractivity contribution < 1.29 is 24.5 Å². The second-order valence-electron chi connectivity index (χ2n) is 15.8. The Morgan fingerprint density at radius 1 is 0.536 bits per heavy atom. The van der Waals surface area contributed by atoms with Crippen molar-refractivity contribution in [3.8, 4) is 0 Å². The fourth-order valence-electron chi connectivity index (χ4n) is 6.81. The van der Waals surface area contributed by atoms with Gasteiger partial charge in [0.1, 0.15) is 6.10 Å². The number of carbonyl (C=O) groups excluding carboxylic acids is 2. The molecule has 0 saturated heterocycles. The first-order valence-electron chi connectivity index (χ1n) is 23.5. The first-order chi connectivity index (χ1) is 27.5. The highest BCUT2D eigenvalue weighted by Gasteiger charge is 2.24. The topological polar surface area (TPSA) is 95.9 Å². The van der Waals surface area contributed by atoms with Crippen LogP contribution in [-0.4, -0.2) is 46.9 Å². The molecule has 0 spiro atoms. The lowest BCUT2D eigenvalue weighted by Crippen LogP contribution is -2.46. The van der Waals surface area contributed by atoms with Crippen molar-refractivity contribution in [1.82, 2.24) is 5.32 Å². The minimum Gasteiger partial charge on any atom is -0.462 e.